The number of para-hydroxylation sites is 2. The van der Waals surface area contributed by atoms with Crippen LogP contribution in [0.1, 0.15) is 22.3 Å². The van der Waals surface area contributed by atoms with Crippen LogP contribution in [0.15, 0.2) is 41.8 Å². The molecular weight excluding hydrogens is 328 g/mol. The van der Waals surface area contributed by atoms with E-state index in [1.54, 1.807) is 16.7 Å². The number of hydrogen-bond acceptors (Lipinski definition) is 5. The lowest BCUT2D eigenvalue weighted by molar-refractivity contribution is 0.102. The number of carbonyl (C=O) groups is 1. The summed E-state index contributed by atoms with van der Waals surface area (Å²) in [6.45, 7) is 4.51. The molecule has 118 valence electrons. The predicted octanol–water partition coefficient (Wildman–Crippen LogP) is 4.83. The van der Waals surface area contributed by atoms with E-state index >= 15 is 0 Å². The normalized spacial score (nSPS) is 10.5. The SMILES string of the molecule is CCOc1ccccc1NC(=O)c1csc(-c2ccc(C)s2)n1. The highest BCUT2D eigenvalue weighted by atomic mass is 32.1. The molecule has 1 amide bonds. The van der Waals surface area contributed by atoms with Crippen LogP contribution < -0.4 is 10.1 Å². The number of amides is 1. The topological polar surface area (TPSA) is 51.2 Å². The van der Waals surface area contributed by atoms with Gasteiger partial charge in [-0.15, -0.1) is 22.7 Å². The molecule has 0 bridgehead atoms. The third-order valence-corrected chi connectivity index (χ3v) is 5.14. The number of rotatable bonds is 5. The minimum absolute atomic E-state index is 0.229. The van der Waals surface area contributed by atoms with Crippen molar-refractivity contribution in [1.82, 2.24) is 4.98 Å². The zero-order chi connectivity index (χ0) is 16.2. The van der Waals surface area contributed by atoms with Crippen molar-refractivity contribution >= 4 is 34.3 Å². The van der Waals surface area contributed by atoms with Crippen molar-refractivity contribution in [3.05, 3.63) is 52.3 Å². The van der Waals surface area contributed by atoms with Gasteiger partial charge in [0.1, 0.15) is 16.5 Å². The van der Waals surface area contributed by atoms with Gasteiger partial charge in [0.05, 0.1) is 17.2 Å². The number of benzene rings is 1. The molecule has 0 fully saturated rings. The van der Waals surface area contributed by atoms with Gasteiger partial charge in [0.25, 0.3) is 5.91 Å². The Labute approximate surface area is 142 Å². The molecule has 1 aromatic carbocycles. The van der Waals surface area contributed by atoms with Crippen molar-refractivity contribution in [1.29, 1.82) is 0 Å². The quantitative estimate of drug-likeness (QED) is 0.721. The summed E-state index contributed by atoms with van der Waals surface area (Å²) >= 11 is 3.15. The van der Waals surface area contributed by atoms with Gasteiger partial charge in [-0.1, -0.05) is 12.1 Å². The third kappa shape index (κ3) is 3.60. The van der Waals surface area contributed by atoms with Crippen LogP contribution in [-0.2, 0) is 0 Å². The number of aromatic nitrogens is 1. The van der Waals surface area contributed by atoms with Gasteiger partial charge in [-0.05, 0) is 38.1 Å². The van der Waals surface area contributed by atoms with E-state index in [0.717, 1.165) is 9.88 Å². The molecule has 0 spiro atoms. The number of thiazole rings is 1. The highest BCUT2D eigenvalue weighted by Gasteiger charge is 2.14. The maximum absolute atomic E-state index is 12.4. The fourth-order valence-electron chi connectivity index (χ4n) is 2.08. The molecule has 3 aromatic rings. The van der Waals surface area contributed by atoms with Crippen LogP contribution in [0.4, 0.5) is 5.69 Å². The van der Waals surface area contributed by atoms with Gasteiger partial charge in [0.15, 0.2) is 0 Å². The van der Waals surface area contributed by atoms with Gasteiger partial charge in [0, 0.05) is 10.3 Å². The Morgan fingerprint density at radius 3 is 2.83 bits per heavy atom. The molecule has 0 saturated heterocycles. The Kier molecular flexibility index (Phi) is 4.73. The van der Waals surface area contributed by atoms with Crippen LogP contribution in [-0.4, -0.2) is 17.5 Å². The maximum Gasteiger partial charge on any atom is 0.275 e. The zero-order valence-electron chi connectivity index (χ0n) is 12.8. The van der Waals surface area contributed by atoms with Gasteiger partial charge in [-0.25, -0.2) is 4.98 Å². The Balaban J connectivity index is 1.78. The molecule has 0 aliphatic heterocycles. The van der Waals surface area contributed by atoms with Crippen molar-refractivity contribution in [3.63, 3.8) is 0 Å². The Morgan fingerprint density at radius 1 is 1.26 bits per heavy atom. The average Bonchev–Trinajstić information content (AvgIpc) is 3.18. The van der Waals surface area contributed by atoms with E-state index in [9.17, 15) is 4.79 Å². The number of thiophene rings is 1. The summed E-state index contributed by atoms with van der Waals surface area (Å²) in [5, 5.41) is 5.51. The van der Waals surface area contributed by atoms with Gasteiger partial charge < -0.3 is 10.1 Å². The molecular formula is C17H16N2O2S2. The van der Waals surface area contributed by atoms with Crippen molar-refractivity contribution in [2.75, 3.05) is 11.9 Å². The van der Waals surface area contributed by atoms with Crippen LogP contribution in [0.5, 0.6) is 5.75 Å². The summed E-state index contributed by atoms with van der Waals surface area (Å²) in [4.78, 5) is 19.2. The Bertz CT molecular complexity index is 823. The van der Waals surface area contributed by atoms with Crippen LogP contribution in [0.25, 0.3) is 9.88 Å². The van der Waals surface area contributed by atoms with Gasteiger partial charge in [0.2, 0.25) is 0 Å². The fourth-order valence-corrected chi connectivity index (χ4v) is 3.82. The number of nitrogens with one attached hydrogen (secondary N) is 1. The van der Waals surface area contributed by atoms with E-state index in [1.807, 2.05) is 37.3 Å². The van der Waals surface area contributed by atoms with Crippen molar-refractivity contribution in [3.8, 4) is 15.6 Å². The number of ether oxygens (including phenoxy) is 1. The smallest absolute Gasteiger partial charge is 0.275 e. The first-order chi connectivity index (χ1) is 11.2. The summed E-state index contributed by atoms with van der Waals surface area (Å²) in [6, 6.07) is 11.5. The molecule has 2 aromatic heterocycles. The van der Waals surface area contributed by atoms with Crippen LogP contribution in [0, 0.1) is 6.92 Å². The van der Waals surface area contributed by atoms with Crippen molar-refractivity contribution in [2.24, 2.45) is 0 Å². The third-order valence-electron chi connectivity index (χ3n) is 3.12. The molecule has 2 heterocycles. The Morgan fingerprint density at radius 2 is 2.09 bits per heavy atom. The second-order valence-electron chi connectivity index (χ2n) is 4.83. The summed E-state index contributed by atoms with van der Waals surface area (Å²) < 4.78 is 5.52. The monoisotopic (exact) mass is 344 g/mol. The van der Waals surface area contributed by atoms with Gasteiger partial charge in [-0.2, -0.15) is 0 Å². The van der Waals surface area contributed by atoms with E-state index in [2.05, 4.69) is 23.3 Å². The molecule has 4 nitrogen and oxygen atoms in total. The second-order valence-corrected chi connectivity index (χ2v) is 6.98. The summed E-state index contributed by atoms with van der Waals surface area (Å²) in [6.07, 6.45) is 0. The first-order valence-electron chi connectivity index (χ1n) is 7.23. The second kappa shape index (κ2) is 6.93. The molecule has 1 N–H and O–H groups in total. The molecule has 0 unspecified atom stereocenters. The number of hydrogen-bond donors (Lipinski definition) is 1. The molecule has 0 saturated carbocycles. The van der Waals surface area contributed by atoms with Gasteiger partial charge in [-0.3, -0.25) is 4.79 Å². The van der Waals surface area contributed by atoms with E-state index in [4.69, 9.17) is 4.74 Å². The minimum Gasteiger partial charge on any atom is -0.492 e. The van der Waals surface area contributed by atoms with E-state index < -0.39 is 0 Å². The molecule has 3 rings (SSSR count). The maximum atomic E-state index is 12.4. The minimum atomic E-state index is -0.229. The first kappa shape index (κ1) is 15.7. The number of aryl methyl sites for hydroxylation is 1. The van der Waals surface area contributed by atoms with E-state index in [-0.39, 0.29) is 5.91 Å². The number of nitrogens with zero attached hydrogens (tertiary/aromatic N) is 1. The lowest BCUT2D eigenvalue weighted by atomic mass is 10.3. The number of carbonyl (C=O) groups excluding carboxylic acids is 1. The largest absolute Gasteiger partial charge is 0.492 e. The molecule has 0 aliphatic rings. The summed E-state index contributed by atoms with van der Waals surface area (Å²) in [5.41, 5.74) is 1.07. The molecule has 0 atom stereocenters. The van der Waals surface area contributed by atoms with Crippen LogP contribution >= 0.6 is 22.7 Å². The summed E-state index contributed by atoms with van der Waals surface area (Å²) in [7, 11) is 0. The van der Waals surface area contributed by atoms with Crippen molar-refractivity contribution < 1.29 is 9.53 Å². The summed E-state index contributed by atoms with van der Waals surface area (Å²) in [5.74, 6) is 0.431. The van der Waals surface area contributed by atoms with E-state index in [1.165, 1.54) is 16.2 Å². The predicted molar refractivity (Wildman–Crippen MR) is 95.7 cm³/mol. The lowest BCUT2D eigenvalue weighted by Gasteiger charge is -2.10. The zero-order valence-corrected chi connectivity index (χ0v) is 14.5. The van der Waals surface area contributed by atoms with Gasteiger partial charge >= 0.3 is 0 Å². The highest BCUT2D eigenvalue weighted by molar-refractivity contribution is 7.21. The van der Waals surface area contributed by atoms with Crippen molar-refractivity contribution in [2.45, 2.75) is 13.8 Å². The molecule has 23 heavy (non-hydrogen) atoms. The highest BCUT2D eigenvalue weighted by Crippen LogP contribution is 2.31. The first-order valence-corrected chi connectivity index (χ1v) is 8.92. The lowest BCUT2D eigenvalue weighted by Crippen LogP contribution is -2.13. The molecule has 0 aliphatic carbocycles. The average molecular weight is 344 g/mol. The van der Waals surface area contributed by atoms with Crippen LogP contribution in [0.2, 0.25) is 0 Å². The van der Waals surface area contributed by atoms with Crippen LogP contribution in [0.3, 0.4) is 0 Å². The molecule has 0 radical (unpaired) electrons. The van der Waals surface area contributed by atoms with E-state index in [0.29, 0.717) is 23.7 Å². The Hall–Kier alpha value is -2.18. The number of anilines is 1. The fraction of sp³-hybridized carbons (Fsp3) is 0.176. The molecule has 6 heteroatoms. The standard InChI is InChI=1S/C17H16N2O2S2/c1-3-21-14-7-5-4-6-12(14)18-16(20)13-10-22-17(19-13)15-9-8-11(2)23-15/h4-10H,3H2,1-2H3,(H,18,20).